The number of carbonyl (C=O) groups excluding carboxylic acids is 1. The third-order valence-corrected chi connectivity index (χ3v) is 3.97. The van der Waals surface area contributed by atoms with Crippen LogP contribution in [0.5, 0.6) is 0 Å². The van der Waals surface area contributed by atoms with Crippen molar-refractivity contribution in [3.05, 3.63) is 29.3 Å². The molecule has 1 aromatic carbocycles. The molecule has 1 N–H and O–H groups in total. The number of nitrogens with zero attached hydrogens (tertiary/aromatic N) is 2. The van der Waals surface area contributed by atoms with Crippen LogP contribution in [0.2, 0.25) is 5.02 Å². The normalized spacial score (nSPS) is 15.4. The number of anilines is 1. The molecule has 4 nitrogen and oxygen atoms in total. The van der Waals surface area contributed by atoms with Crippen molar-refractivity contribution in [2.24, 2.45) is 5.92 Å². The van der Waals surface area contributed by atoms with Gasteiger partial charge in [-0.15, -0.1) is 0 Å². The van der Waals surface area contributed by atoms with E-state index >= 15 is 0 Å². The average Bonchev–Trinajstić information content (AvgIpc) is 2.47. The summed E-state index contributed by atoms with van der Waals surface area (Å²) < 4.78 is 0. The number of amides is 2. The van der Waals surface area contributed by atoms with Gasteiger partial charge in [0.2, 0.25) is 0 Å². The lowest BCUT2D eigenvalue weighted by Crippen LogP contribution is -2.52. The van der Waals surface area contributed by atoms with E-state index in [4.69, 9.17) is 11.6 Å². The fraction of sp³-hybridized carbons (Fsp3) is 0.562. The van der Waals surface area contributed by atoms with E-state index in [1.807, 2.05) is 23.1 Å². The standard InChI is InChI=1S/C16H24ClN3O/c1-13(2)6-7-18-16(21)20-10-8-19(9-11-20)15-5-3-4-14(17)12-15/h3-5,12-13H,6-11H2,1-2H3,(H,18,21). The van der Waals surface area contributed by atoms with E-state index in [1.165, 1.54) is 0 Å². The first-order valence-corrected chi connectivity index (χ1v) is 7.97. The Labute approximate surface area is 132 Å². The van der Waals surface area contributed by atoms with Gasteiger partial charge in [0.25, 0.3) is 0 Å². The first kappa shape index (κ1) is 16.0. The molecule has 1 fully saturated rings. The topological polar surface area (TPSA) is 35.6 Å². The van der Waals surface area contributed by atoms with E-state index in [0.29, 0.717) is 5.92 Å². The summed E-state index contributed by atoms with van der Waals surface area (Å²) in [4.78, 5) is 16.2. The Morgan fingerprint density at radius 3 is 2.62 bits per heavy atom. The van der Waals surface area contributed by atoms with E-state index in [2.05, 4.69) is 30.1 Å². The van der Waals surface area contributed by atoms with Crippen LogP contribution >= 0.6 is 11.6 Å². The molecule has 21 heavy (non-hydrogen) atoms. The van der Waals surface area contributed by atoms with Gasteiger partial charge in [-0.25, -0.2) is 4.79 Å². The summed E-state index contributed by atoms with van der Waals surface area (Å²) in [6, 6.07) is 7.93. The lowest BCUT2D eigenvalue weighted by molar-refractivity contribution is 0.194. The summed E-state index contributed by atoms with van der Waals surface area (Å²) >= 11 is 6.02. The largest absolute Gasteiger partial charge is 0.368 e. The summed E-state index contributed by atoms with van der Waals surface area (Å²) in [6.07, 6.45) is 1.02. The number of nitrogens with one attached hydrogen (secondary N) is 1. The molecule has 0 aromatic heterocycles. The lowest BCUT2D eigenvalue weighted by Gasteiger charge is -2.36. The van der Waals surface area contributed by atoms with E-state index in [1.54, 1.807) is 0 Å². The molecular formula is C16H24ClN3O. The third-order valence-electron chi connectivity index (χ3n) is 3.74. The summed E-state index contributed by atoms with van der Waals surface area (Å²) in [5.74, 6) is 0.616. The predicted octanol–water partition coefficient (Wildman–Crippen LogP) is 3.22. The quantitative estimate of drug-likeness (QED) is 0.927. The Morgan fingerprint density at radius 2 is 2.00 bits per heavy atom. The molecule has 2 amide bonds. The number of hydrogen-bond donors (Lipinski definition) is 1. The third kappa shape index (κ3) is 4.81. The molecule has 1 aliphatic rings. The molecule has 1 heterocycles. The van der Waals surface area contributed by atoms with Gasteiger partial charge in [-0.2, -0.15) is 0 Å². The molecule has 0 aliphatic carbocycles. The van der Waals surface area contributed by atoms with E-state index in [-0.39, 0.29) is 6.03 Å². The predicted molar refractivity (Wildman–Crippen MR) is 88.1 cm³/mol. The lowest BCUT2D eigenvalue weighted by atomic mass is 10.1. The van der Waals surface area contributed by atoms with Crippen molar-refractivity contribution < 1.29 is 4.79 Å². The zero-order valence-corrected chi connectivity index (χ0v) is 13.6. The number of halogens is 1. The highest BCUT2D eigenvalue weighted by Crippen LogP contribution is 2.20. The maximum atomic E-state index is 12.1. The molecule has 2 rings (SSSR count). The van der Waals surface area contributed by atoms with Gasteiger partial charge < -0.3 is 15.1 Å². The Hall–Kier alpha value is -1.42. The molecule has 0 radical (unpaired) electrons. The number of carbonyl (C=O) groups is 1. The second kappa shape index (κ2) is 7.55. The molecule has 116 valence electrons. The minimum absolute atomic E-state index is 0.0568. The van der Waals surface area contributed by atoms with Crippen LogP contribution in [-0.2, 0) is 0 Å². The van der Waals surface area contributed by atoms with Crippen LogP contribution in [0.25, 0.3) is 0 Å². The summed E-state index contributed by atoms with van der Waals surface area (Å²) in [5.41, 5.74) is 1.13. The summed E-state index contributed by atoms with van der Waals surface area (Å²) in [6.45, 7) is 8.27. The van der Waals surface area contributed by atoms with Gasteiger partial charge >= 0.3 is 6.03 Å². The van der Waals surface area contributed by atoms with Gasteiger partial charge in [0, 0.05) is 43.4 Å². The highest BCUT2D eigenvalue weighted by molar-refractivity contribution is 6.30. The molecule has 1 aromatic rings. The zero-order chi connectivity index (χ0) is 15.2. The SMILES string of the molecule is CC(C)CCNC(=O)N1CCN(c2cccc(Cl)c2)CC1. The molecule has 0 saturated carbocycles. The maximum absolute atomic E-state index is 12.1. The second-order valence-electron chi connectivity index (χ2n) is 5.87. The smallest absolute Gasteiger partial charge is 0.317 e. The van der Waals surface area contributed by atoms with Gasteiger partial charge in [-0.3, -0.25) is 0 Å². The Bertz CT molecular complexity index is 470. The first-order chi connectivity index (χ1) is 10.1. The van der Waals surface area contributed by atoms with Crippen molar-refractivity contribution >= 4 is 23.3 Å². The van der Waals surface area contributed by atoms with Crippen LogP contribution < -0.4 is 10.2 Å². The molecule has 0 bridgehead atoms. The minimum atomic E-state index is 0.0568. The Balaban J connectivity index is 1.79. The fourth-order valence-electron chi connectivity index (χ4n) is 2.42. The molecule has 0 atom stereocenters. The minimum Gasteiger partial charge on any atom is -0.368 e. The maximum Gasteiger partial charge on any atom is 0.317 e. The van der Waals surface area contributed by atoms with Gasteiger partial charge in [0.05, 0.1) is 0 Å². The summed E-state index contributed by atoms with van der Waals surface area (Å²) in [5, 5.41) is 3.75. The zero-order valence-electron chi connectivity index (χ0n) is 12.8. The van der Waals surface area contributed by atoms with Crippen molar-refractivity contribution in [2.45, 2.75) is 20.3 Å². The van der Waals surface area contributed by atoms with E-state index in [0.717, 1.165) is 49.9 Å². The van der Waals surface area contributed by atoms with Crippen LogP contribution in [0.1, 0.15) is 20.3 Å². The van der Waals surface area contributed by atoms with E-state index in [9.17, 15) is 4.79 Å². The highest BCUT2D eigenvalue weighted by Gasteiger charge is 2.21. The second-order valence-corrected chi connectivity index (χ2v) is 6.30. The van der Waals surface area contributed by atoms with Crippen molar-refractivity contribution in [1.82, 2.24) is 10.2 Å². The van der Waals surface area contributed by atoms with Crippen molar-refractivity contribution in [2.75, 3.05) is 37.6 Å². The van der Waals surface area contributed by atoms with Gasteiger partial charge in [-0.1, -0.05) is 31.5 Å². The van der Waals surface area contributed by atoms with Gasteiger partial charge in [0.15, 0.2) is 0 Å². The highest BCUT2D eigenvalue weighted by atomic mass is 35.5. The number of rotatable bonds is 4. The monoisotopic (exact) mass is 309 g/mol. The molecule has 0 spiro atoms. The van der Waals surface area contributed by atoms with Gasteiger partial charge in [-0.05, 0) is 30.5 Å². The van der Waals surface area contributed by atoms with E-state index < -0.39 is 0 Å². The van der Waals surface area contributed by atoms with Crippen molar-refractivity contribution in [3.8, 4) is 0 Å². The number of piperazine rings is 1. The molecule has 1 aliphatic heterocycles. The van der Waals surface area contributed by atoms with Crippen LogP contribution in [-0.4, -0.2) is 43.7 Å². The van der Waals surface area contributed by atoms with Crippen molar-refractivity contribution in [1.29, 1.82) is 0 Å². The van der Waals surface area contributed by atoms with Crippen LogP contribution in [0, 0.1) is 5.92 Å². The van der Waals surface area contributed by atoms with Gasteiger partial charge in [0.1, 0.15) is 0 Å². The van der Waals surface area contributed by atoms with Crippen molar-refractivity contribution in [3.63, 3.8) is 0 Å². The van der Waals surface area contributed by atoms with Crippen LogP contribution in [0.15, 0.2) is 24.3 Å². The Morgan fingerprint density at radius 1 is 1.29 bits per heavy atom. The van der Waals surface area contributed by atoms with Crippen LogP contribution in [0.3, 0.4) is 0 Å². The number of hydrogen-bond acceptors (Lipinski definition) is 2. The van der Waals surface area contributed by atoms with Crippen LogP contribution in [0.4, 0.5) is 10.5 Å². The molecule has 5 heteroatoms. The molecular weight excluding hydrogens is 286 g/mol. The number of urea groups is 1. The first-order valence-electron chi connectivity index (χ1n) is 7.59. The fourth-order valence-corrected chi connectivity index (χ4v) is 2.60. The number of benzene rings is 1. The Kier molecular flexibility index (Phi) is 5.74. The molecule has 0 unspecified atom stereocenters. The molecule has 1 saturated heterocycles. The average molecular weight is 310 g/mol. The summed E-state index contributed by atoms with van der Waals surface area (Å²) in [7, 11) is 0.